The molecule has 0 bridgehead atoms. The lowest BCUT2D eigenvalue weighted by Gasteiger charge is -2.12. The van der Waals surface area contributed by atoms with Crippen LogP contribution in [0, 0.1) is 0 Å². The third-order valence-corrected chi connectivity index (χ3v) is 6.56. The van der Waals surface area contributed by atoms with E-state index in [4.69, 9.17) is 11.6 Å². The van der Waals surface area contributed by atoms with E-state index in [-0.39, 0.29) is 5.25 Å². The topological polar surface area (TPSA) is 59.1 Å². The SMILES string of the molecule is O=S1(=O)CCCC1CNCc1ccc(Cl)c2cccnc12. The van der Waals surface area contributed by atoms with Gasteiger partial charge in [0, 0.05) is 29.7 Å². The normalized spacial score (nSPS) is 20.9. The van der Waals surface area contributed by atoms with Crippen molar-refractivity contribution in [2.75, 3.05) is 12.3 Å². The number of hydrogen-bond acceptors (Lipinski definition) is 4. The lowest BCUT2D eigenvalue weighted by atomic mass is 10.1. The molecule has 0 spiro atoms. The van der Waals surface area contributed by atoms with E-state index in [1.54, 1.807) is 6.20 Å². The Kier molecular flexibility index (Phi) is 4.15. The van der Waals surface area contributed by atoms with Crippen LogP contribution in [0.15, 0.2) is 30.5 Å². The average molecular weight is 325 g/mol. The Balaban J connectivity index is 1.73. The van der Waals surface area contributed by atoms with Gasteiger partial charge in [-0.25, -0.2) is 8.42 Å². The van der Waals surface area contributed by atoms with Crippen LogP contribution >= 0.6 is 11.6 Å². The minimum absolute atomic E-state index is 0.246. The molecule has 2 heterocycles. The summed E-state index contributed by atoms with van der Waals surface area (Å²) in [5.74, 6) is 0.324. The zero-order chi connectivity index (χ0) is 14.9. The van der Waals surface area contributed by atoms with Gasteiger partial charge in [0.2, 0.25) is 0 Å². The van der Waals surface area contributed by atoms with Gasteiger partial charge < -0.3 is 5.32 Å². The summed E-state index contributed by atoms with van der Waals surface area (Å²) < 4.78 is 23.6. The molecule has 2 aromatic rings. The van der Waals surface area contributed by atoms with Crippen LogP contribution in [0.5, 0.6) is 0 Å². The smallest absolute Gasteiger partial charge is 0.154 e. The second kappa shape index (κ2) is 5.91. The number of benzene rings is 1. The van der Waals surface area contributed by atoms with Crippen LogP contribution in [0.1, 0.15) is 18.4 Å². The van der Waals surface area contributed by atoms with Crippen LogP contribution in [-0.2, 0) is 16.4 Å². The molecular weight excluding hydrogens is 308 g/mol. The molecule has 4 nitrogen and oxygen atoms in total. The predicted octanol–water partition coefficient (Wildman–Crippen LogP) is 2.56. The van der Waals surface area contributed by atoms with Gasteiger partial charge in [0.1, 0.15) is 0 Å². The van der Waals surface area contributed by atoms with Crippen molar-refractivity contribution in [2.24, 2.45) is 0 Å². The highest BCUT2D eigenvalue weighted by Crippen LogP contribution is 2.25. The van der Waals surface area contributed by atoms with Crippen molar-refractivity contribution in [1.82, 2.24) is 10.3 Å². The van der Waals surface area contributed by atoms with Gasteiger partial charge in [-0.3, -0.25) is 4.98 Å². The van der Waals surface area contributed by atoms with E-state index in [1.165, 1.54) is 0 Å². The molecule has 1 saturated heterocycles. The van der Waals surface area contributed by atoms with Crippen molar-refractivity contribution < 1.29 is 8.42 Å². The molecule has 1 unspecified atom stereocenters. The fourth-order valence-corrected chi connectivity index (χ4v) is 4.81. The molecule has 1 aliphatic rings. The molecule has 1 aromatic carbocycles. The van der Waals surface area contributed by atoms with E-state index >= 15 is 0 Å². The van der Waals surface area contributed by atoms with Gasteiger partial charge in [0.05, 0.1) is 16.5 Å². The molecule has 1 aromatic heterocycles. The van der Waals surface area contributed by atoms with Gasteiger partial charge in [0.25, 0.3) is 0 Å². The number of halogens is 1. The van der Waals surface area contributed by atoms with Crippen LogP contribution in [0.2, 0.25) is 5.02 Å². The summed E-state index contributed by atoms with van der Waals surface area (Å²) in [5, 5.41) is 4.61. The van der Waals surface area contributed by atoms with E-state index in [2.05, 4.69) is 10.3 Å². The number of nitrogens with zero attached hydrogens (tertiary/aromatic N) is 1. The Bertz CT molecular complexity index is 761. The highest BCUT2D eigenvalue weighted by atomic mass is 35.5. The number of aromatic nitrogens is 1. The quantitative estimate of drug-likeness (QED) is 0.939. The standard InChI is InChI=1S/C15H17ClN2O2S/c16-14-6-5-11(15-13(14)4-1-7-18-15)9-17-10-12-3-2-8-21(12,19)20/h1,4-7,12,17H,2-3,8-10H2. The molecule has 112 valence electrons. The fourth-order valence-electron chi connectivity index (χ4n) is 2.79. The molecular formula is C15H17ClN2O2S. The second-order valence-electron chi connectivity index (χ2n) is 5.37. The Morgan fingerprint density at radius 3 is 2.95 bits per heavy atom. The molecule has 0 amide bonds. The first-order valence-corrected chi connectivity index (χ1v) is 9.12. The molecule has 21 heavy (non-hydrogen) atoms. The number of pyridine rings is 1. The highest BCUT2D eigenvalue weighted by molar-refractivity contribution is 7.92. The van der Waals surface area contributed by atoms with Gasteiger partial charge in [-0.15, -0.1) is 0 Å². The second-order valence-corrected chi connectivity index (χ2v) is 8.18. The Labute approximate surface area is 129 Å². The molecule has 3 rings (SSSR count). The predicted molar refractivity (Wildman–Crippen MR) is 85.3 cm³/mol. The van der Waals surface area contributed by atoms with Crippen LogP contribution in [-0.4, -0.2) is 30.9 Å². The van der Waals surface area contributed by atoms with Gasteiger partial charge in [-0.05, 0) is 36.6 Å². The summed E-state index contributed by atoms with van der Waals surface area (Å²) in [6.07, 6.45) is 3.28. The molecule has 6 heteroatoms. The molecule has 0 saturated carbocycles. The van der Waals surface area contributed by atoms with Crippen molar-refractivity contribution in [3.05, 3.63) is 41.0 Å². The Hall–Kier alpha value is -1.17. The van der Waals surface area contributed by atoms with Crippen molar-refractivity contribution in [1.29, 1.82) is 0 Å². The minimum atomic E-state index is -2.89. The summed E-state index contributed by atoms with van der Waals surface area (Å²) >= 11 is 6.16. The van der Waals surface area contributed by atoms with Gasteiger partial charge >= 0.3 is 0 Å². The maximum absolute atomic E-state index is 11.8. The monoisotopic (exact) mass is 324 g/mol. The molecule has 0 radical (unpaired) electrons. The zero-order valence-electron chi connectivity index (χ0n) is 11.5. The summed E-state index contributed by atoms with van der Waals surface area (Å²) in [5.41, 5.74) is 1.90. The number of sulfone groups is 1. The fraction of sp³-hybridized carbons (Fsp3) is 0.400. The lowest BCUT2D eigenvalue weighted by Crippen LogP contribution is -2.30. The largest absolute Gasteiger partial charge is 0.311 e. The average Bonchev–Trinajstić information content (AvgIpc) is 2.81. The third-order valence-electron chi connectivity index (χ3n) is 3.95. The third kappa shape index (κ3) is 3.05. The van der Waals surface area contributed by atoms with Crippen LogP contribution in [0.25, 0.3) is 10.9 Å². The number of rotatable bonds is 4. The molecule has 0 aliphatic carbocycles. The van der Waals surface area contributed by atoms with E-state index < -0.39 is 9.84 Å². The number of hydrogen-bond donors (Lipinski definition) is 1. The first-order chi connectivity index (χ1) is 10.1. The molecule has 1 fully saturated rings. The van der Waals surface area contributed by atoms with Gasteiger partial charge in [0.15, 0.2) is 9.84 Å². The van der Waals surface area contributed by atoms with E-state index in [1.807, 2.05) is 24.3 Å². The van der Waals surface area contributed by atoms with Crippen molar-refractivity contribution in [2.45, 2.75) is 24.6 Å². The minimum Gasteiger partial charge on any atom is -0.311 e. The first kappa shape index (κ1) is 14.8. The molecule has 1 atom stereocenters. The summed E-state index contributed by atoms with van der Waals surface area (Å²) in [6, 6.07) is 7.59. The van der Waals surface area contributed by atoms with Crippen molar-refractivity contribution >= 4 is 32.3 Å². The summed E-state index contributed by atoms with van der Waals surface area (Å²) in [6.45, 7) is 1.09. The van der Waals surface area contributed by atoms with Gasteiger partial charge in [-0.2, -0.15) is 0 Å². The summed E-state index contributed by atoms with van der Waals surface area (Å²) in [7, 11) is -2.89. The van der Waals surface area contributed by atoms with Crippen molar-refractivity contribution in [3.8, 4) is 0 Å². The zero-order valence-corrected chi connectivity index (χ0v) is 13.1. The van der Waals surface area contributed by atoms with E-state index in [0.717, 1.165) is 29.3 Å². The van der Waals surface area contributed by atoms with Gasteiger partial charge in [-0.1, -0.05) is 17.7 Å². The first-order valence-electron chi connectivity index (χ1n) is 7.02. The van der Waals surface area contributed by atoms with Crippen LogP contribution in [0.3, 0.4) is 0 Å². The van der Waals surface area contributed by atoms with E-state index in [9.17, 15) is 8.42 Å². The lowest BCUT2D eigenvalue weighted by molar-refractivity contribution is 0.574. The van der Waals surface area contributed by atoms with E-state index in [0.29, 0.717) is 23.9 Å². The van der Waals surface area contributed by atoms with Crippen molar-refractivity contribution in [3.63, 3.8) is 0 Å². The maximum Gasteiger partial charge on any atom is 0.154 e. The Morgan fingerprint density at radius 2 is 2.19 bits per heavy atom. The maximum atomic E-state index is 11.8. The highest BCUT2D eigenvalue weighted by Gasteiger charge is 2.30. The summed E-state index contributed by atoms with van der Waals surface area (Å²) in [4.78, 5) is 4.38. The molecule has 1 aliphatic heterocycles. The Morgan fingerprint density at radius 1 is 1.33 bits per heavy atom. The number of nitrogens with one attached hydrogen (secondary N) is 1. The number of fused-ring (bicyclic) bond motifs is 1. The molecule has 1 N–H and O–H groups in total. The van der Waals surface area contributed by atoms with Crippen LogP contribution in [0.4, 0.5) is 0 Å². The van der Waals surface area contributed by atoms with Crippen LogP contribution < -0.4 is 5.32 Å².